The van der Waals surface area contributed by atoms with Crippen molar-refractivity contribution in [3.63, 3.8) is 0 Å². The topological polar surface area (TPSA) is 37.3 Å². The number of quaternary nitrogens is 1. The molecular formula is C18H25NO2+. The van der Waals surface area contributed by atoms with Gasteiger partial charge in [0.15, 0.2) is 0 Å². The fourth-order valence-corrected chi connectivity index (χ4v) is 4.61. The highest BCUT2D eigenvalue weighted by atomic mass is 16.4. The number of fused-ring (bicyclic) bond motifs is 2. The lowest BCUT2D eigenvalue weighted by Gasteiger charge is -2.55. The summed E-state index contributed by atoms with van der Waals surface area (Å²) in [7, 11) is 0. The van der Waals surface area contributed by atoms with E-state index in [1.165, 1.54) is 18.7 Å². The Labute approximate surface area is 127 Å². The summed E-state index contributed by atoms with van der Waals surface area (Å²) in [6.45, 7) is 6.30. The summed E-state index contributed by atoms with van der Waals surface area (Å²) >= 11 is 0. The van der Waals surface area contributed by atoms with Crippen LogP contribution in [0, 0.1) is 11.3 Å². The monoisotopic (exact) mass is 287 g/mol. The second-order valence-corrected chi connectivity index (χ2v) is 7.01. The average molecular weight is 287 g/mol. The molecule has 3 nitrogen and oxygen atoms in total. The van der Waals surface area contributed by atoms with Gasteiger partial charge in [0.2, 0.25) is 0 Å². The van der Waals surface area contributed by atoms with E-state index in [0.29, 0.717) is 5.92 Å². The molecule has 0 spiro atoms. The van der Waals surface area contributed by atoms with Crippen molar-refractivity contribution in [1.29, 1.82) is 0 Å². The maximum absolute atomic E-state index is 11.5. The zero-order valence-corrected chi connectivity index (χ0v) is 12.8. The van der Waals surface area contributed by atoms with Crippen LogP contribution >= 0.6 is 0 Å². The van der Waals surface area contributed by atoms with E-state index in [0.717, 1.165) is 43.3 Å². The first kappa shape index (κ1) is 14.6. The number of carboxylic acids is 1. The number of carboxylic acid groups (broad SMARTS) is 1. The van der Waals surface area contributed by atoms with Gasteiger partial charge in [-0.3, -0.25) is 4.79 Å². The highest BCUT2D eigenvalue weighted by Crippen LogP contribution is 2.49. The van der Waals surface area contributed by atoms with Crippen LogP contribution in [0.3, 0.4) is 0 Å². The van der Waals surface area contributed by atoms with Gasteiger partial charge in [0.05, 0.1) is 25.6 Å². The predicted octanol–water partition coefficient (Wildman–Crippen LogP) is 3.26. The summed E-state index contributed by atoms with van der Waals surface area (Å²) < 4.78 is 1.08. The van der Waals surface area contributed by atoms with Gasteiger partial charge in [0.25, 0.3) is 0 Å². The molecule has 0 saturated carbocycles. The Morgan fingerprint density at radius 1 is 1.19 bits per heavy atom. The van der Waals surface area contributed by atoms with E-state index in [4.69, 9.17) is 0 Å². The third-order valence-corrected chi connectivity index (χ3v) is 5.69. The van der Waals surface area contributed by atoms with Crippen LogP contribution in [-0.4, -0.2) is 35.2 Å². The third kappa shape index (κ3) is 2.71. The molecule has 1 aromatic rings. The van der Waals surface area contributed by atoms with E-state index < -0.39 is 5.97 Å². The van der Waals surface area contributed by atoms with Crippen LogP contribution in [0.5, 0.6) is 0 Å². The second kappa shape index (κ2) is 5.45. The molecule has 0 amide bonds. The van der Waals surface area contributed by atoms with Crippen LogP contribution in [0.25, 0.3) is 0 Å². The van der Waals surface area contributed by atoms with Gasteiger partial charge in [-0.25, -0.2) is 0 Å². The largest absolute Gasteiger partial charge is 0.481 e. The Hall–Kier alpha value is -1.35. The Balaban J connectivity index is 1.84. The molecule has 2 bridgehead atoms. The number of hydrogen-bond acceptors (Lipinski definition) is 1. The van der Waals surface area contributed by atoms with Gasteiger partial charge in [0, 0.05) is 11.0 Å². The SMILES string of the molecule is C[C](C(=O)O)C12CCC[N+](Cc3ccccc3)(CCC1)C2. The molecule has 3 rings (SSSR count). The molecule has 0 unspecified atom stereocenters. The van der Waals surface area contributed by atoms with E-state index in [2.05, 4.69) is 30.3 Å². The fourth-order valence-electron chi connectivity index (χ4n) is 4.61. The maximum Gasteiger partial charge on any atom is 0.311 e. The smallest absolute Gasteiger partial charge is 0.311 e. The van der Waals surface area contributed by atoms with Gasteiger partial charge in [0.1, 0.15) is 6.54 Å². The first-order valence-electron chi connectivity index (χ1n) is 8.02. The molecule has 2 heterocycles. The minimum atomic E-state index is -0.698. The lowest BCUT2D eigenvalue weighted by molar-refractivity contribution is -0.956. The number of carbonyl (C=O) groups is 1. The highest BCUT2D eigenvalue weighted by Gasteiger charge is 2.53. The van der Waals surface area contributed by atoms with Gasteiger partial charge in [-0.1, -0.05) is 30.3 Å². The summed E-state index contributed by atoms with van der Waals surface area (Å²) in [5, 5.41) is 9.47. The molecule has 3 heteroatoms. The second-order valence-electron chi connectivity index (χ2n) is 7.01. The highest BCUT2D eigenvalue weighted by molar-refractivity contribution is 5.83. The number of rotatable bonds is 4. The lowest BCUT2D eigenvalue weighted by atomic mass is 9.65. The summed E-state index contributed by atoms with van der Waals surface area (Å²) in [6.07, 6.45) is 4.41. The zero-order chi connectivity index (χ0) is 14.9. The van der Waals surface area contributed by atoms with Crippen LogP contribution in [0.15, 0.2) is 30.3 Å². The molecule has 0 atom stereocenters. The minimum absolute atomic E-state index is 0.0584. The molecular weight excluding hydrogens is 262 g/mol. The summed E-state index contributed by atoms with van der Waals surface area (Å²) in [4.78, 5) is 11.5. The third-order valence-electron chi connectivity index (χ3n) is 5.69. The van der Waals surface area contributed by atoms with Crippen molar-refractivity contribution in [2.75, 3.05) is 19.6 Å². The van der Waals surface area contributed by atoms with Crippen LogP contribution in [0.1, 0.15) is 38.2 Å². The number of piperidine rings is 2. The molecule has 21 heavy (non-hydrogen) atoms. The molecule has 0 aliphatic carbocycles. The first-order chi connectivity index (χ1) is 10.1. The molecule has 2 aliphatic heterocycles. The predicted molar refractivity (Wildman–Crippen MR) is 82.5 cm³/mol. The summed E-state index contributed by atoms with van der Waals surface area (Å²) in [5.41, 5.74) is 1.32. The summed E-state index contributed by atoms with van der Waals surface area (Å²) in [6, 6.07) is 10.7. The van der Waals surface area contributed by atoms with E-state index in [1.807, 2.05) is 6.92 Å². The van der Waals surface area contributed by atoms with Crippen LogP contribution in [0.2, 0.25) is 0 Å². The van der Waals surface area contributed by atoms with Gasteiger partial charge < -0.3 is 9.59 Å². The van der Waals surface area contributed by atoms with E-state index >= 15 is 0 Å². The molecule has 1 aromatic carbocycles. The molecule has 2 saturated heterocycles. The lowest BCUT2D eigenvalue weighted by Crippen LogP contribution is -2.62. The first-order valence-corrected chi connectivity index (χ1v) is 8.02. The van der Waals surface area contributed by atoms with Crippen molar-refractivity contribution in [3.8, 4) is 0 Å². The van der Waals surface area contributed by atoms with Crippen LogP contribution in [0.4, 0.5) is 0 Å². The Morgan fingerprint density at radius 2 is 1.81 bits per heavy atom. The van der Waals surface area contributed by atoms with Gasteiger partial charge >= 0.3 is 5.97 Å². The van der Waals surface area contributed by atoms with Crippen molar-refractivity contribution in [3.05, 3.63) is 41.8 Å². The normalized spacial score (nSPS) is 32.1. The molecule has 113 valence electrons. The minimum Gasteiger partial charge on any atom is -0.481 e. The maximum atomic E-state index is 11.5. The van der Waals surface area contributed by atoms with Crippen LogP contribution < -0.4 is 0 Å². The van der Waals surface area contributed by atoms with Gasteiger partial charge in [-0.2, -0.15) is 0 Å². The number of aliphatic carboxylic acids is 1. The fraction of sp³-hybridized carbons (Fsp3) is 0.556. The van der Waals surface area contributed by atoms with Gasteiger partial charge in [-0.15, -0.1) is 0 Å². The quantitative estimate of drug-likeness (QED) is 0.863. The Morgan fingerprint density at radius 3 is 2.38 bits per heavy atom. The molecule has 1 N–H and O–H groups in total. The van der Waals surface area contributed by atoms with Crippen molar-refractivity contribution >= 4 is 5.97 Å². The molecule has 0 aromatic heterocycles. The zero-order valence-electron chi connectivity index (χ0n) is 12.8. The van der Waals surface area contributed by atoms with Crippen molar-refractivity contribution in [1.82, 2.24) is 0 Å². The standard InChI is InChI=1S/C18H24NO2/c1-15(17(20)21)18-9-5-11-19(14-18,12-6-10-18)13-16-7-3-2-4-8-16/h2-4,7-8H,5-6,9-14H2,1H3/p+1. The van der Waals surface area contributed by atoms with Gasteiger partial charge in [-0.05, 0) is 32.6 Å². The Kier molecular flexibility index (Phi) is 3.78. The molecule has 2 fully saturated rings. The Bertz CT molecular complexity index is 501. The van der Waals surface area contributed by atoms with E-state index in [-0.39, 0.29) is 5.41 Å². The van der Waals surface area contributed by atoms with Crippen LogP contribution in [-0.2, 0) is 11.3 Å². The van der Waals surface area contributed by atoms with Crippen molar-refractivity contribution in [2.24, 2.45) is 5.41 Å². The molecule has 2 aliphatic rings. The van der Waals surface area contributed by atoms with Crippen molar-refractivity contribution < 1.29 is 14.4 Å². The average Bonchev–Trinajstić information content (AvgIpc) is 2.47. The summed E-state index contributed by atoms with van der Waals surface area (Å²) in [5.74, 6) is -0.00549. The van der Waals surface area contributed by atoms with E-state index in [1.54, 1.807) is 0 Å². The molecule has 1 radical (unpaired) electrons. The number of nitrogens with zero attached hydrogens (tertiary/aromatic N) is 1. The number of hydrogen-bond donors (Lipinski definition) is 1. The van der Waals surface area contributed by atoms with E-state index in [9.17, 15) is 9.90 Å². The number of benzene rings is 1. The van der Waals surface area contributed by atoms with Crippen molar-refractivity contribution in [2.45, 2.75) is 39.2 Å².